The number of hydroxylamine groups is 1. The fourth-order valence-electron chi connectivity index (χ4n) is 1.98. The standard InChI is InChI=1S/C18H19ClF2N2O4S2/c1-11(2)18(24)23-27-17-15(20)9-13(10-16(17)21)28-8-7-22-29(25,26)14-5-3-12(19)4-6-14/h3-6,9-11,22H,7-8H2,1-2H3,(H,23,24). The second kappa shape index (κ2) is 10.2. The molecule has 0 aliphatic carbocycles. The Bertz CT molecular complexity index is 947. The predicted octanol–water partition coefficient (Wildman–Crippen LogP) is 3.75. The van der Waals surface area contributed by atoms with E-state index in [4.69, 9.17) is 16.4 Å². The van der Waals surface area contributed by atoms with Gasteiger partial charge < -0.3 is 4.84 Å². The van der Waals surface area contributed by atoms with Crippen LogP contribution in [-0.4, -0.2) is 26.6 Å². The molecular weight excluding hydrogens is 446 g/mol. The largest absolute Gasteiger partial charge is 0.373 e. The van der Waals surface area contributed by atoms with E-state index in [0.29, 0.717) is 5.02 Å². The first kappa shape index (κ1) is 23.4. The van der Waals surface area contributed by atoms with E-state index in [-0.39, 0.29) is 22.1 Å². The third-order valence-corrected chi connectivity index (χ3v) is 6.24. The van der Waals surface area contributed by atoms with Gasteiger partial charge in [0.25, 0.3) is 5.91 Å². The van der Waals surface area contributed by atoms with Crippen molar-refractivity contribution in [2.75, 3.05) is 12.3 Å². The van der Waals surface area contributed by atoms with Crippen LogP contribution in [0.5, 0.6) is 5.75 Å². The van der Waals surface area contributed by atoms with Crippen LogP contribution in [0.3, 0.4) is 0 Å². The van der Waals surface area contributed by atoms with Gasteiger partial charge in [-0.3, -0.25) is 4.79 Å². The Morgan fingerprint density at radius 2 is 1.76 bits per heavy atom. The molecule has 0 spiro atoms. The third-order valence-electron chi connectivity index (χ3n) is 3.54. The molecular formula is C18H19ClF2N2O4S2. The van der Waals surface area contributed by atoms with E-state index < -0.39 is 39.2 Å². The Morgan fingerprint density at radius 1 is 1.17 bits per heavy atom. The van der Waals surface area contributed by atoms with Crippen molar-refractivity contribution >= 4 is 39.3 Å². The van der Waals surface area contributed by atoms with Crippen LogP contribution < -0.4 is 15.0 Å². The predicted molar refractivity (Wildman–Crippen MR) is 107 cm³/mol. The van der Waals surface area contributed by atoms with Gasteiger partial charge in [0.2, 0.25) is 15.8 Å². The lowest BCUT2D eigenvalue weighted by molar-refractivity contribution is -0.130. The molecule has 0 aliphatic heterocycles. The van der Waals surface area contributed by atoms with E-state index in [1.807, 2.05) is 5.48 Å². The summed E-state index contributed by atoms with van der Waals surface area (Å²) < 4.78 is 54.8. The Hall–Kier alpha value is -1.88. The summed E-state index contributed by atoms with van der Waals surface area (Å²) in [6.45, 7) is 3.25. The Kier molecular flexibility index (Phi) is 8.26. The van der Waals surface area contributed by atoms with Crippen molar-refractivity contribution in [1.82, 2.24) is 10.2 Å². The lowest BCUT2D eigenvalue weighted by Gasteiger charge is -2.11. The molecule has 0 radical (unpaired) electrons. The highest BCUT2D eigenvalue weighted by molar-refractivity contribution is 7.99. The third kappa shape index (κ3) is 6.84. The summed E-state index contributed by atoms with van der Waals surface area (Å²) in [4.78, 5) is 16.5. The average molecular weight is 465 g/mol. The normalized spacial score (nSPS) is 11.5. The molecule has 2 rings (SSSR count). The highest BCUT2D eigenvalue weighted by Gasteiger charge is 2.17. The maximum Gasteiger partial charge on any atom is 0.255 e. The lowest BCUT2D eigenvalue weighted by atomic mass is 10.2. The van der Waals surface area contributed by atoms with Crippen LogP contribution in [0.4, 0.5) is 8.78 Å². The Balaban J connectivity index is 1.91. The highest BCUT2D eigenvalue weighted by Crippen LogP contribution is 2.28. The number of hydrogen-bond acceptors (Lipinski definition) is 5. The van der Waals surface area contributed by atoms with E-state index in [1.54, 1.807) is 13.8 Å². The van der Waals surface area contributed by atoms with E-state index in [0.717, 1.165) is 23.9 Å². The van der Waals surface area contributed by atoms with Crippen LogP contribution in [0.1, 0.15) is 13.8 Å². The number of thioether (sulfide) groups is 1. The number of amides is 1. The first-order valence-electron chi connectivity index (χ1n) is 8.44. The van der Waals surface area contributed by atoms with Crippen molar-refractivity contribution in [3.8, 4) is 5.75 Å². The van der Waals surface area contributed by atoms with Gasteiger partial charge in [-0.2, -0.15) is 5.48 Å². The zero-order valence-corrected chi connectivity index (χ0v) is 17.9. The molecule has 0 heterocycles. The molecule has 11 heteroatoms. The molecule has 29 heavy (non-hydrogen) atoms. The van der Waals surface area contributed by atoms with Gasteiger partial charge >= 0.3 is 0 Å². The summed E-state index contributed by atoms with van der Waals surface area (Å²) in [5, 5.41) is 0.416. The molecule has 0 atom stereocenters. The number of sulfonamides is 1. The quantitative estimate of drug-likeness (QED) is 0.335. The smallest absolute Gasteiger partial charge is 0.255 e. The number of carbonyl (C=O) groups excluding carboxylic acids is 1. The van der Waals surface area contributed by atoms with E-state index in [2.05, 4.69) is 4.72 Å². The summed E-state index contributed by atoms with van der Waals surface area (Å²) in [5.74, 6) is -3.39. The van der Waals surface area contributed by atoms with Gasteiger partial charge in [-0.05, 0) is 36.4 Å². The molecule has 0 aliphatic rings. The van der Waals surface area contributed by atoms with Gasteiger partial charge in [0.05, 0.1) is 4.90 Å². The summed E-state index contributed by atoms with van der Waals surface area (Å²) in [6, 6.07) is 7.75. The number of rotatable bonds is 9. The zero-order valence-electron chi connectivity index (χ0n) is 15.5. The molecule has 1 amide bonds. The van der Waals surface area contributed by atoms with Gasteiger partial charge in [0.15, 0.2) is 11.6 Å². The van der Waals surface area contributed by atoms with Crippen LogP contribution >= 0.6 is 23.4 Å². The summed E-state index contributed by atoms with van der Waals surface area (Å²) >= 11 is 6.79. The molecule has 0 saturated carbocycles. The molecule has 2 aromatic rings. The average Bonchev–Trinajstić information content (AvgIpc) is 2.64. The molecule has 0 fully saturated rings. The zero-order chi connectivity index (χ0) is 21.6. The SMILES string of the molecule is CC(C)C(=O)NOc1c(F)cc(SCCNS(=O)(=O)c2ccc(Cl)cc2)cc1F. The molecule has 2 aromatic carbocycles. The van der Waals surface area contributed by atoms with E-state index in [9.17, 15) is 22.0 Å². The lowest BCUT2D eigenvalue weighted by Crippen LogP contribution is -2.31. The van der Waals surface area contributed by atoms with Gasteiger partial charge in [0, 0.05) is 28.1 Å². The van der Waals surface area contributed by atoms with Crippen molar-refractivity contribution in [2.24, 2.45) is 5.92 Å². The molecule has 0 unspecified atom stereocenters. The van der Waals surface area contributed by atoms with Crippen LogP contribution in [0, 0.1) is 17.6 Å². The minimum absolute atomic E-state index is 0.0432. The molecule has 2 N–H and O–H groups in total. The van der Waals surface area contributed by atoms with Crippen LogP contribution in [0.15, 0.2) is 46.2 Å². The van der Waals surface area contributed by atoms with Crippen molar-refractivity contribution in [1.29, 1.82) is 0 Å². The fourth-order valence-corrected chi connectivity index (χ4v) is 4.08. The molecule has 6 nitrogen and oxygen atoms in total. The molecule has 0 bridgehead atoms. The summed E-state index contributed by atoms with van der Waals surface area (Å²) in [5.41, 5.74) is 1.98. The number of nitrogens with one attached hydrogen (secondary N) is 2. The Labute approximate surface area is 177 Å². The van der Waals surface area contributed by atoms with Crippen LogP contribution in [0.25, 0.3) is 0 Å². The van der Waals surface area contributed by atoms with Crippen molar-refractivity contribution in [3.05, 3.63) is 53.1 Å². The van der Waals surface area contributed by atoms with Crippen LogP contribution in [-0.2, 0) is 14.8 Å². The first-order chi connectivity index (χ1) is 13.6. The number of halogens is 3. The summed E-state index contributed by atoms with van der Waals surface area (Å²) in [6.07, 6.45) is 0. The monoisotopic (exact) mass is 464 g/mol. The van der Waals surface area contributed by atoms with Crippen molar-refractivity contribution in [3.63, 3.8) is 0 Å². The molecule has 158 valence electrons. The van der Waals surface area contributed by atoms with E-state index >= 15 is 0 Å². The Morgan fingerprint density at radius 3 is 2.31 bits per heavy atom. The number of carbonyl (C=O) groups is 1. The van der Waals surface area contributed by atoms with Gasteiger partial charge in [-0.15, -0.1) is 11.8 Å². The van der Waals surface area contributed by atoms with Crippen LogP contribution in [0.2, 0.25) is 5.02 Å². The van der Waals surface area contributed by atoms with Gasteiger partial charge in [0.1, 0.15) is 0 Å². The van der Waals surface area contributed by atoms with Crippen molar-refractivity contribution < 1.29 is 26.8 Å². The number of benzene rings is 2. The maximum atomic E-state index is 14.1. The fraction of sp³-hybridized carbons (Fsp3) is 0.278. The number of hydrogen-bond donors (Lipinski definition) is 2. The summed E-state index contributed by atoms with van der Waals surface area (Å²) in [7, 11) is -3.71. The van der Waals surface area contributed by atoms with Gasteiger partial charge in [-0.1, -0.05) is 25.4 Å². The topological polar surface area (TPSA) is 84.5 Å². The van der Waals surface area contributed by atoms with E-state index in [1.165, 1.54) is 24.3 Å². The highest BCUT2D eigenvalue weighted by atomic mass is 35.5. The first-order valence-corrected chi connectivity index (χ1v) is 11.3. The minimum Gasteiger partial charge on any atom is -0.373 e. The molecule has 0 aromatic heterocycles. The van der Waals surface area contributed by atoms with Gasteiger partial charge in [-0.25, -0.2) is 21.9 Å². The second-order valence-electron chi connectivity index (χ2n) is 6.14. The van der Waals surface area contributed by atoms with Crippen molar-refractivity contribution in [2.45, 2.75) is 23.6 Å². The molecule has 0 saturated heterocycles. The minimum atomic E-state index is -3.71. The second-order valence-corrected chi connectivity index (χ2v) is 9.51. The maximum absolute atomic E-state index is 14.1.